The zero-order valence-electron chi connectivity index (χ0n) is 12.5. The summed E-state index contributed by atoms with van der Waals surface area (Å²) in [6.07, 6.45) is 6.10. The summed E-state index contributed by atoms with van der Waals surface area (Å²) >= 11 is 0. The molecular weight excluding hydrogens is 304 g/mol. The highest BCUT2D eigenvalue weighted by Gasteiger charge is 2.21. The second kappa shape index (κ2) is 7.07. The number of nitrogens with zero attached hydrogens (tertiary/aromatic N) is 2. The molecule has 0 aliphatic heterocycles. The quantitative estimate of drug-likeness (QED) is 0.902. The molecule has 0 saturated heterocycles. The highest BCUT2D eigenvalue weighted by atomic mass is 35.5. The number of amides is 1. The Balaban J connectivity index is 0.00000176. The third kappa shape index (κ3) is 3.39. The molecule has 2 aromatic rings. The summed E-state index contributed by atoms with van der Waals surface area (Å²) in [5, 5.41) is 7.84. The molecule has 7 heteroatoms. The minimum Gasteiger partial charge on any atom is -0.349 e. The number of aromatic nitrogens is 2. The number of fused-ring (bicyclic) bond motifs is 1. The maximum Gasteiger partial charge on any atom is 0.257 e. The number of pyridine rings is 1. The minimum atomic E-state index is -0.0897. The van der Waals surface area contributed by atoms with Crippen molar-refractivity contribution >= 4 is 29.4 Å². The molecule has 1 amide bonds. The first kappa shape index (κ1) is 16.7. The van der Waals surface area contributed by atoms with Crippen LogP contribution in [-0.2, 0) is 6.42 Å². The lowest BCUT2D eigenvalue weighted by Gasteiger charge is -2.26. The molecule has 3 rings (SSSR count). The van der Waals surface area contributed by atoms with Crippen molar-refractivity contribution in [1.82, 2.24) is 15.5 Å². The Morgan fingerprint density at radius 2 is 2.14 bits per heavy atom. The minimum absolute atomic E-state index is 0. The second-order valence-electron chi connectivity index (χ2n) is 5.64. The molecule has 0 spiro atoms. The van der Waals surface area contributed by atoms with Gasteiger partial charge in [-0.3, -0.25) is 4.79 Å². The lowest BCUT2D eigenvalue weighted by Crippen LogP contribution is -2.40. The van der Waals surface area contributed by atoms with Crippen LogP contribution in [-0.4, -0.2) is 28.1 Å². The molecule has 0 unspecified atom stereocenters. The van der Waals surface area contributed by atoms with Gasteiger partial charge < -0.3 is 15.6 Å². The standard InChI is InChI=1S/C15H20N4O2.ClH/c1-2-13-12-7-9(8-17-15(12)21-19-13)14(20)18-11-5-3-10(16)4-6-11;/h7-8,10-11H,2-6,16H2,1H3,(H,18,20);1H. The Labute approximate surface area is 135 Å². The van der Waals surface area contributed by atoms with E-state index in [0.29, 0.717) is 11.3 Å². The van der Waals surface area contributed by atoms with E-state index in [2.05, 4.69) is 15.5 Å². The fourth-order valence-corrected chi connectivity index (χ4v) is 2.79. The predicted molar refractivity (Wildman–Crippen MR) is 86.1 cm³/mol. The topological polar surface area (TPSA) is 94.0 Å². The van der Waals surface area contributed by atoms with Gasteiger partial charge in [0.15, 0.2) is 0 Å². The average Bonchev–Trinajstić information content (AvgIpc) is 2.91. The van der Waals surface area contributed by atoms with Gasteiger partial charge in [-0.05, 0) is 38.2 Å². The number of hydrogen-bond donors (Lipinski definition) is 2. The highest BCUT2D eigenvalue weighted by Crippen LogP contribution is 2.20. The SMILES string of the molecule is CCc1noc2ncc(C(=O)NC3CCC(N)CC3)cc12.Cl. The van der Waals surface area contributed by atoms with E-state index in [9.17, 15) is 4.79 Å². The lowest BCUT2D eigenvalue weighted by molar-refractivity contribution is 0.0925. The monoisotopic (exact) mass is 324 g/mol. The van der Waals surface area contributed by atoms with Crippen LogP contribution in [0.3, 0.4) is 0 Å². The smallest absolute Gasteiger partial charge is 0.257 e. The Kier molecular flexibility index (Phi) is 5.37. The summed E-state index contributed by atoms with van der Waals surface area (Å²) < 4.78 is 5.13. The van der Waals surface area contributed by atoms with Crippen LogP contribution >= 0.6 is 12.4 Å². The van der Waals surface area contributed by atoms with Gasteiger partial charge in [-0.15, -0.1) is 12.4 Å². The van der Waals surface area contributed by atoms with Crippen molar-refractivity contribution in [3.63, 3.8) is 0 Å². The number of nitrogens with two attached hydrogens (primary N) is 1. The number of halogens is 1. The van der Waals surface area contributed by atoms with Crippen molar-refractivity contribution in [2.75, 3.05) is 0 Å². The van der Waals surface area contributed by atoms with Gasteiger partial charge in [0.2, 0.25) is 0 Å². The molecule has 6 nitrogen and oxygen atoms in total. The first-order valence-corrected chi connectivity index (χ1v) is 7.48. The normalized spacial score (nSPS) is 21.4. The average molecular weight is 325 g/mol. The second-order valence-corrected chi connectivity index (χ2v) is 5.64. The summed E-state index contributed by atoms with van der Waals surface area (Å²) in [6, 6.07) is 2.29. The molecule has 2 aromatic heterocycles. The van der Waals surface area contributed by atoms with E-state index in [1.165, 1.54) is 6.20 Å². The Bertz CT molecular complexity index is 650. The van der Waals surface area contributed by atoms with Crippen LogP contribution in [0.25, 0.3) is 11.1 Å². The molecule has 1 aliphatic carbocycles. The molecule has 0 radical (unpaired) electrons. The number of hydrogen-bond acceptors (Lipinski definition) is 5. The van der Waals surface area contributed by atoms with E-state index in [1.807, 2.05) is 13.0 Å². The summed E-state index contributed by atoms with van der Waals surface area (Å²) in [5.41, 5.74) is 7.74. The number of carbonyl (C=O) groups is 1. The maximum atomic E-state index is 12.3. The van der Waals surface area contributed by atoms with Crippen LogP contribution in [0, 0.1) is 0 Å². The molecular formula is C15H21ClN4O2. The Morgan fingerprint density at radius 1 is 1.41 bits per heavy atom. The summed E-state index contributed by atoms with van der Waals surface area (Å²) in [7, 11) is 0. The van der Waals surface area contributed by atoms with Gasteiger partial charge in [0.05, 0.1) is 16.6 Å². The van der Waals surface area contributed by atoms with Gasteiger partial charge in [-0.2, -0.15) is 0 Å². The summed E-state index contributed by atoms with van der Waals surface area (Å²) in [5.74, 6) is -0.0897. The van der Waals surface area contributed by atoms with Crippen molar-refractivity contribution in [1.29, 1.82) is 0 Å². The van der Waals surface area contributed by atoms with Gasteiger partial charge in [0.25, 0.3) is 11.6 Å². The predicted octanol–water partition coefficient (Wildman–Crippen LogP) is 2.21. The van der Waals surface area contributed by atoms with Crippen LogP contribution in [0.1, 0.15) is 48.7 Å². The molecule has 0 bridgehead atoms. The van der Waals surface area contributed by atoms with Crippen LogP contribution < -0.4 is 11.1 Å². The number of nitrogens with one attached hydrogen (secondary N) is 1. The molecule has 1 aliphatic rings. The van der Waals surface area contributed by atoms with E-state index in [4.69, 9.17) is 10.3 Å². The fourth-order valence-electron chi connectivity index (χ4n) is 2.79. The largest absolute Gasteiger partial charge is 0.349 e. The van der Waals surface area contributed by atoms with Crippen LogP contribution in [0.4, 0.5) is 0 Å². The number of rotatable bonds is 3. The zero-order chi connectivity index (χ0) is 14.8. The van der Waals surface area contributed by atoms with E-state index in [-0.39, 0.29) is 30.4 Å². The summed E-state index contributed by atoms with van der Waals surface area (Å²) in [4.78, 5) is 16.5. The first-order valence-electron chi connectivity index (χ1n) is 7.48. The van der Waals surface area contributed by atoms with Crippen LogP contribution in [0.15, 0.2) is 16.8 Å². The fraction of sp³-hybridized carbons (Fsp3) is 0.533. The zero-order valence-corrected chi connectivity index (χ0v) is 13.4. The Morgan fingerprint density at radius 3 is 2.82 bits per heavy atom. The van der Waals surface area contributed by atoms with Gasteiger partial charge in [0.1, 0.15) is 0 Å². The highest BCUT2D eigenvalue weighted by molar-refractivity contribution is 5.97. The van der Waals surface area contributed by atoms with E-state index < -0.39 is 0 Å². The van der Waals surface area contributed by atoms with Crippen molar-refractivity contribution in [3.05, 3.63) is 23.5 Å². The van der Waals surface area contributed by atoms with Gasteiger partial charge in [-0.25, -0.2) is 4.98 Å². The molecule has 2 heterocycles. The van der Waals surface area contributed by atoms with Crippen molar-refractivity contribution < 1.29 is 9.32 Å². The number of aryl methyl sites for hydroxylation is 1. The molecule has 120 valence electrons. The molecule has 1 saturated carbocycles. The van der Waals surface area contributed by atoms with Crippen LogP contribution in [0.5, 0.6) is 0 Å². The maximum absolute atomic E-state index is 12.3. The van der Waals surface area contributed by atoms with Gasteiger partial charge in [-0.1, -0.05) is 12.1 Å². The lowest BCUT2D eigenvalue weighted by atomic mass is 9.91. The van der Waals surface area contributed by atoms with Crippen molar-refractivity contribution in [2.45, 2.75) is 51.1 Å². The van der Waals surface area contributed by atoms with Crippen LogP contribution in [0.2, 0.25) is 0 Å². The summed E-state index contributed by atoms with van der Waals surface area (Å²) in [6.45, 7) is 2.00. The molecule has 3 N–H and O–H groups in total. The molecule has 22 heavy (non-hydrogen) atoms. The molecule has 1 fully saturated rings. The van der Waals surface area contributed by atoms with Crippen molar-refractivity contribution in [3.8, 4) is 0 Å². The van der Waals surface area contributed by atoms with E-state index in [0.717, 1.165) is 43.2 Å². The van der Waals surface area contributed by atoms with E-state index in [1.54, 1.807) is 0 Å². The van der Waals surface area contributed by atoms with Gasteiger partial charge >= 0.3 is 0 Å². The van der Waals surface area contributed by atoms with E-state index >= 15 is 0 Å². The Hall–Kier alpha value is -1.66. The third-order valence-corrected chi connectivity index (χ3v) is 4.11. The number of carbonyl (C=O) groups excluding carboxylic acids is 1. The molecule has 0 aromatic carbocycles. The van der Waals surface area contributed by atoms with Gasteiger partial charge in [0, 0.05) is 18.3 Å². The first-order chi connectivity index (χ1) is 10.2. The molecule has 0 atom stereocenters. The third-order valence-electron chi connectivity index (χ3n) is 4.11. The van der Waals surface area contributed by atoms with Crippen molar-refractivity contribution in [2.24, 2.45) is 5.73 Å².